The number of rotatable bonds is 11. The van der Waals surface area contributed by atoms with Crippen molar-refractivity contribution in [1.29, 1.82) is 0 Å². The zero-order valence-corrected chi connectivity index (χ0v) is 25.4. The topological polar surface area (TPSA) is 84.1 Å². The largest absolute Gasteiger partial charge is 0.446 e. The highest BCUT2D eigenvalue weighted by Gasteiger charge is 2.30. The molecule has 0 spiro atoms. The summed E-state index contributed by atoms with van der Waals surface area (Å²) in [6.07, 6.45) is 5.99. The van der Waals surface area contributed by atoms with Crippen LogP contribution in [0.3, 0.4) is 0 Å². The lowest BCUT2D eigenvalue weighted by Crippen LogP contribution is -2.50. The van der Waals surface area contributed by atoms with Crippen molar-refractivity contribution in [3.05, 3.63) is 114 Å². The van der Waals surface area contributed by atoms with Gasteiger partial charge in [-0.25, -0.2) is 4.98 Å². The lowest BCUT2D eigenvalue weighted by Gasteiger charge is -2.39. The molecule has 9 nitrogen and oxygen atoms in total. The fourth-order valence-corrected chi connectivity index (χ4v) is 6.31. The van der Waals surface area contributed by atoms with Crippen molar-refractivity contribution in [3.8, 4) is 0 Å². The Kier molecular flexibility index (Phi) is 9.53. The minimum Gasteiger partial charge on any atom is -0.446 e. The standard InChI is InChI=1S/C35H41N5O4/c1-2-33(41)40(24-30-16-10-22-43-30)23-29-15-9-17-39(29)25-32-36-31(26-44-32)35(42)38-20-18-37(19-21-38)34(27-11-5-3-6-12-27)28-13-7-4-8-14-28/h3-9,11-15,17,26,30,34H,2,10,16,18-25H2,1H3. The lowest BCUT2D eigenvalue weighted by atomic mass is 9.96. The van der Waals surface area contributed by atoms with Gasteiger partial charge in [0.15, 0.2) is 5.69 Å². The maximum Gasteiger partial charge on any atom is 0.275 e. The van der Waals surface area contributed by atoms with Crippen molar-refractivity contribution in [3.63, 3.8) is 0 Å². The van der Waals surface area contributed by atoms with Gasteiger partial charge in [-0.1, -0.05) is 67.6 Å². The Morgan fingerprint density at radius 1 is 0.955 bits per heavy atom. The van der Waals surface area contributed by atoms with Crippen molar-refractivity contribution < 1.29 is 18.7 Å². The Bertz CT molecular complexity index is 1460. The fourth-order valence-electron chi connectivity index (χ4n) is 6.31. The molecule has 230 valence electrons. The highest BCUT2D eigenvalue weighted by atomic mass is 16.5. The summed E-state index contributed by atoms with van der Waals surface area (Å²) in [4.78, 5) is 36.9. The summed E-state index contributed by atoms with van der Waals surface area (Å²) in [5.41, 5.74) is 3.81. The molecule has 1 atom stereocenters. The normalized spacial score (nSPS) is 17.3. The molecule has 0 saturated carbocycles. The van der Waals surface area contributed by atoms with Gasteiger partial charge in [0.25, 0.3) is 5.91 Å². The van der Waals surface area contributed by atoms with E-state index in [9.17, 15) is 9.59 Å². The van der Waals surface area contributed by atoms with Gasteiger partial charge in [0.05, 0.1) is 25.2 Å². The van der Waals surface area contributed by atoms with Gasteiger partial charge in [0.1, 0.15) is 6.26 Å². The molecule has 4 heterocycles. The Balaban J connectivity index is 1.08. The number of aromatic nitrogens is 2. The van der Waals surface area contributed by atoms with Gasteiger partial charge in [-0.2, -0.15) is 0 Å². The first-order chi connectivity index (χ1) is 21.6. The van der Waals surface area contributed by atoms with Crippen LogP contribution in [0, 0.1) is 0 Å². The second-order valence-corrected chi connectivity index (χ2v) is 11.6. The van der Waals surface area contributed by atoms with E-state index in [4.69, 9.17) is 9.15 Å². The van der Waals surface area contributed by atoms with Crippen LogP contribution in [0.25, 0.3) is 0 Å². The third-order valence-corrected chi connectivity index (χ3v) is 8.65. The van der Waals surface area contributed by atoms with Gasteiger partial charge in [-0.05, 0) is 36.1 Å². The molecule has 0 N–H and O–H groups in total. The summed E-state index contributed by atoms with van der Waals surface area (Å²) in [5.74, 6) is 0.459. The average Bonchev–Trinajstić information content (AvgIpc) is 3.85. The van der Waals surface area contributed by atoms with Crippen LogP contribution in [0.15, 0.2) is 89.7 Å². The molecule has 0 bridgehead atoms. The number of oxazole rings is 1. The SMILES string of the molecule is CCC(=O)N(Cc1cccn1Cc1nc(C(=O)N2CCN(C(c3ccccc3)c3ccccc3)CC2)co1)CC1CCCO1. The molecule has 2 aliphatic rings. The molecular weight excluding hydrogens is 554 g/mol. The van der Waals surface area contributed by atoms with Crippen LogP contribution in [0.4, 0.5) is 0 Å². The van der Waals surface area contributed by atoms with E-state index in [0.717, 1.165) is 38.2 Å². The zero-order valence-electron chi connectivity index (χ0n) is 25.4. The van der Waals surface area contributed by atoms with Crippen molar-refractivity contribution in [2.75, 3.05) is 39.3 Å². The van der Waals surface area contributed by atoms with E-state index < -0.39 is 0 Å². The van der Waals surface area contributed by atoms with Gasteiger partial charge in [-0.3, -0.25) is 14.5 Å². The van der Waals surface area contributed by atoms with Crippen LogP contribution in [0.2, 0.25) is 0 Å². The average molecular weight is 596 g/mol. The van der Waals surface area contributed by atoms with Crippen LogP contribution in [-0.4, -0.2) is 81.5 Å². The quantitative estimate of drug-likeness (QED) is 0.243. The van der Waals surface area contributed by atoms with Gasteiger partial charge < -0.3 is 23.5 Å². The van der Waals surface area contributed by atoms with E-state index in [2.05, 4.69) is 58.4 Å². The molecule has 2 amide bonds. The van der Waals surface area contributed by atoms with Gasteiger partial charge >= 0.3 is 0 Å². The molecule has 1 unspecified atom stereocenters. The van der Waals surface area contributed by atoms with Gasteiger partial charge in [0, 0.05) is 57.6 Å². The lowest BCUT2D eigenvalue weighted by molar-refractivity contribution is -0.133. The third kappa shape index (κ3) is 6.95. The van der Waals surface area contributed by atoms with E-state index in [1.54, 1.807) is 0 Å². The predicted molar refractivity (Wildman–Crippen MR) is 167 cm³/mol. The molecule has 0 aliphatic carbocycles. The Labute approximate surface area is 259 Å². The first-order valence-electron chi connectivity index (χ1n) is 15.7. The number of nitrogens with zero attached hydrogens (tertiary/aromatic N) is 5. The summed E-state index contributed by atoms with van der Waals surface area (Å²) in [5, 5.41) is 0. The predicted octanol–water partition coefficient (Wildman–Crippen LogP) is 4.99. The van der Waals surface area contributed by atoms with Crippen molar-refractivity contribution in [2.24, 2.45) is 0 Å². The fraction of sp³-hybridized carbons (Fsp3) is 0.400. The summed E-state index contributed by atoms with van der Waals surface area (Å²) in [6, 6.07) is 25.2. The maximum atomic E-state index is 13.4. The molecule has 44 heavy (non-hydrogen) atoms. The zero-order chi connectivity index (χ0) is 30.3. The smallest absolute Gasteiger partial charge is 0.275 e. The van der Waals surface area contributed by atoms with Crippen LogP contribution in [0.5, 0.6) is 0 Å². The Morgan fingerprint density at radius 3 is 2.30 bits per heavy atom. The number of amides is 2. The number of piperazine rings is 1. The Morgan fingerprint density at radius 2 is 1.66 bits per heavy atom. The number of ether oxygens (including phenoxy) is 1. The molecule has 2 fully saturated rings. The number of hydrogen-bond acceptors (Lipinski definition) is 6. The van der Waals surface area contributed by atoms with Crippen LogP contribution in [-0.2, 0) is 22.6 Å². The van der Waals surface area contributed by atoms with E-state index in [1.165, 1.54) is 17.4 Å². The van der Waals surface area contributed by atoms with Crippen LogP contribution in [0.1, 0.15) is 65.4 Å². The molecule has 2 aliphatic heterocycles. The highest BCUT2D eigenvalue weighted by Crippen LogP contribution is 2.29. The Hall–Kier alpha value is -4.21. The van der Waals surface area contributed by atoms with Crippen LogP contribution >= 0.6 is 0 Å². The summed E-state index contributed by atoms with van der Waals surface area (Å²) >= 11 is 0. The van der Waals surface area contributed by atoms with Crippen molar-refractivity contribution in [2.45, 2.75) is 51.4 Å². The molecule has 9 heteroatoms. The molecule has 2 saturated heterocycles. The minimum absolute atomic E-state index is 0.0960. The van der Waals surface area contributed by atoms with E-state index in [0.29, 0.717) is 50.7 Å². The number of carbonyl (C=O) groups is 2. The van der Waals surface area contributed by atoms with E-state index >= 15 is 0 Å². The highest BCUT2D eigenvalue weighted by molar-refractivity contribution is 5.92. The van der Waals surface area contributed by atoms with Crippen molar-refractivity contribution in [1.82, 2.24) is 24.3 Å². The molecule has 4 aromatic rings. The van der Waals surface area contributed by atoms with E-state index in [-0.39, 0.29) is 24.0 Å². The third-order valence-electron chi connectivity index (χ3n) is 8.65. The first kappa shape index (κ1) is 29.8. The number of hydrogen-bond donors (Lipinski definition) is 0. The second kappa shape index (κ2) is 14.1. The van der Waals surface area contributed by atoms with Gasteiger partial charge in [-0.15, -0.1) is 0 Å². The van der Waals surface area contributed by atoms with Gasteiger partial charge in [0.2, 0.25) is 11.8 Å². The molecule has 0 radical (unpaired) electrons. The summed E-state index contributed by atoms with van der Waals surface area (Å²) in [6.45, 7) is 6.87. The maximum absolute atomic E-state index is 13.4. The number of benzene rings is 2. The monoisotopic (exact) mass is 595 g/mol. The first-order valence-corrected chi connectivity index (χ1v) is 15.7. The summed E-state index contributed by atoms with van der Waals surface area (Å²) < 4.78 is 13.6. The number of carbonyl (C=O) groups excluding carboxylic acids is 2. The van der Waals surface area contributed by atoms with E-state index in [1.807, 2.05) is 51.8 Å². The molecule has 2 aromatic carbocycles. The summed E-state index contributed by atoms with van der Waals surface area (Å²) in [7, 11) is 0. The minimum atomic E-state index is -0.111. The van der Waals surface area contributed by atoms with Crippen LogP contribution < -0.4 is 0 Å². The van der Waals surface area contributed by atoms with Crippen molar-refractivity contribution >= 4 is 11.8 Å². The molecule has 6 rings (SSSR count). The molecular formula is C35H41N5O4. The molecule has 2 aromatic heterocycles. The second-order valence-electron chi connectivity index (χ2n) is 11.6.